The maximum Gasteiger partial charge on any atom is 0.318 e. The molecular weight excluding hydrogens is 356 g/mol. The first kappa shape index (κ1) is 18.9. The third-order valence-electron chi connectivity index (χ3n) is 5.29. The number of nitrogens with zero attached hydrogens (tertiary/aromatic N) is 5. The van der Waals surface area contributed by atoms with Crippen molar-refractivity contribution in [1.82, 2.24) is 30.1 Å². The van der Waals surface area contributed by atoms with Crippen molar-refractivity contribution in [3.05, 3.63) is 47.3 Å². The number of carbonyl (C=O) groups is 1. The maximum absolute atomic E-state index is 12.4. The second kappa shape index (κ2) is 8.28. The summed E-state index contributed by atoms with van der Waals surface area (Å²) in [4.78, 5) is 16.7. The van der Waals surface area contributed by atoms with Crippen molar-refractivity contribution in [2.75, 3.05) is 19.6 Å². The Balaban J connectivity index is 1.26. The monoisotopic (exact) mass is 384 g/mol. The van der Waals surface area contributed by atoms with Crippen molar-refractivity contribution in [3.8, 4) is 0 Å². The first-order valence-corrected chi connectivity index (χ1v) is 9.92. The molecule has 1 aromatic heterocycles. The molecule has 2 unspecified atom stereocenters. The van der Waals surface area contributed by atoms with Gasteiger partial charge in [0.2, 0.25) is 0 Å². The molecule has 150 valence electrons. The molecule has 3 heterocycles. The van der Waals surface area contributed by atoms with Gasteiger partial charge in [0.25, 0.3) is 0 Å². The number of nitrogens with one attached hydrogen (secondary N) is 1. The first-order chi connectivity index (χ1) is 13.6. The van der Waals surface area contributed by atoms with Crippen LogP contribution in [0.4, 0.5) is 4.79 Å². The van der Waals surface area contributed by atoms with Gasteiger partial charge in [-0.25, -0.2) is 9.48 Å². The minimum Gasteiger partial charge on any atom is -0.373 e. The fraction of sp³-hybridized carbons (Fsp3) is 0.550. The molecule has 28 heavy (non-hydrogen) atoms. The summed E-state index contributed by atoms with van der Waals surface area (Å²) in [5.41, 5.74) is 3.36. The molecule has 2 atom stereocenters. The second-order valence-corrected chi connectivity index (χ2v) is 7.80. The van der Waals surface area contributed by atoms with Crippen molar-refractivity contribution >= 4 is 6.03 Å². The van der Waals surface area contributed by atoms with Crippen LogP contribution in [0.25, 0.3) is 0 Å². The van der Waals surface area contributed by atoms with Gasteiger partial charge in [-0.15, -0.1) is 5.10 Å². The number of hydrogen-bond acceptors (Lipinski definition) is 5. The van der Waals surface area contributed by atoms with Gasteiger partial charge in [0, 0.05) is 32.7 Å². The molecule has 0 saturated carbocycles. The van der Waals surface area contributed by atoms with Crippen molar-refractivity contribution in [2.24, 2.45) is 0 Å². The molecule has 0 spiro atoms. The predicted octanol–water partition coefficient (Wildman–Crippen LogP) is 1.61. The summed E-state index contributed by atoms with van der Waals surface area (Å²) >= 11 is 0. The highest BCUT2D eigenvalue weighted by atomic mass is 16.5. The molecule has 0 bridgehead atoms. The molecule has 4 rings (SSSR count). The van der Waals surface area contributed by atoms with Crippen LogP contribution in [-0.2, 0) is 30.9 Å². The Labute approximate surface area is 165 Å². The highest BCUT2D eigenvalue weighted by Crippen LogP contribution is 2.15. The van der Waals surface area contributed by atoms with Gasteiger partial charge >= 0.3 is 6.03 Å². The Bertz CT molecular complexity index is 795. The summed E-state index contributed by atoms with van der Waals surface area (Å²) in [6.45, 7) is 9.53. The van der Waals surface area contributed by atoms with Crippen LogP contribution in [0.2, 0.25) is 0 Å². The number of amides is 2. The standard InChI is InChI=1S/C20H28N6O2/c1-15-11-24(12-16(2)28-15)13-18-5-3-17(4-6-18)9-21-20(27)25-7-8-26-19(14-25)10-22-23-26/h3-6,10,15-16H,7-9,11-14H2,1-2H3,(H,21,27). The van der Waals surface area contributed by atoms with Gasteiger partial charge in [-0.1, -0.05) is 29.5 Å². The number of fused-ring (bicyclic) bond motifs is 1. The van der Waals surface area contributed by atoms with Gasteiger partial charge in [0.15, 0.2) is 0 Å². The number of carbonyl (C=O) groups excluding carboxylic acids is 1. The number of aromatic nitrogens is 3. The summed E-state index contributed by atoms with van der Waals surface area (Å²) in [6.07, 6.45) is 2.28. The summed E-state index contributed by atoms with van der Waals surface area (Å²) in [5.74, 6) is 0. The van der Waals surface area contributed by atoms with E-state index in [1.54, 1.807) is 11.1 Å². The zero-order chi connectivity index (χ0) is 19.5. The van der Waals surface area contributed by atoms with Gasteiger partial charge in [-0.2, -0.15) is 0 Å². The van der Waals surface area contributed by atoms with Crippen LogP contribution < -0.4 is 5.32 Å². The van der Waals surface area contributed by atoms with E-state index in [0.29, 0.717) is 26.2 Å². The van der Waals surface area contributed by atoms with E-state index in [1.165, 1.54) is 5.56 Å². The highest BCUT2D eigenvalue weighted by Gasteiger charge is 2.22. The third kappa shape index (κ3) is 4.51. The van der Waals surface area contributed by atoms with E-state index in [0.717, 1.165) is 30.9 Å². The predicted molar refractivity (Wildman–Crippen MR) is 104 cm³/mol. The van der Waals surface area contributed by atoms with E-state index < -0.39 is 0 Å². The Morgan fingerprint density at radius 3 is 2.61 bits per heavy atom. The van der Waals surface area contributed by atoms with Crippen LogP contribution in [0.5, 0.6) is 0 Å². The van der Waals surface area contributed by atoms with Crippen LogP contribution in [0, 0.1) is 0 Å². The first-order valence-electron chi connectivity index (χ1n) is 9.92. The fourth-order valence-electron chi connectivity index (χ4n) is 3.98. The van der Waals surface area contributed by atoms with Gasteiger partial charge < -0.3 is 15.0 Å². The number of ether oxygens (including phenoxy) is 1. The lowest BCUT2D eigenvalue weighted by Gasteiger charge is -2.35. The second-order valence-electron chi connectivity index (χ2n) is 7.80. The smallest absolute Gasteiger partial charge is 0.318 e. The molecule has 2 aliphatic heterocycles. The summed E-state index contributed by atoms with van der Waals surface area (Å²) < 4.78 is 7.64. The summed E-state index contributed by atoms with van der Waals surface area (Å²) in [6, 6.07) is 8.44. The number of hydrogen-bond donors (Lipinski definition) is 1. The summed E-state index contributed by atoms with van der Waals surface area (Å²) in [5, 5.41) is 10.9. The topological polar surface area (TPSA) is 75.5 Å². The Morgan fingerprint density at radius 2 is 1.86 bits per heavy atom. The Morgan fingerprint density at radius 1 is 1.14 bits per heavy atom. The fourth-order valence-corrected chi connectivity index (χ4v) is 3.98. The van der Waals surface area contributed by atoms with Crippen LogP contribution >= 0.6 is 0 Å². The molecule has 2 aromatic rings. The summed E-state index contributed by atoms with van der Waals surface area (Å²) in [7, 11) is 0. The molecule has 0 radical (unpaired) electrons. The van der Waals surface area contributed by atoms with E-state index in [-0.39, 0.29) is 18.2 Å². The Hall–Kier alpha value is -2.45. The average molecular weight is 384 g/mol. The van der Waals surface area contributed by atoms with Crippen LogP contribution in [-0.4, -0.2) is 62.7 Å². The van der Waals surface area contributed by atoms with E-state index in [4.69, 9.17) is 4.74 Å². The van der Waals surface area contributed by atoms with Crippen LogP contribution in [0.3, 0.4) is 0 Å². The Kier molecular flexibility index (Phi) is 5.59. The maximum atomic E-state index is 12.4. The molecule has 0 aliphatic carbocycles. The quantitative estimate of drug-likeness (QED) is 0.867. The van der Waals surface area contributed by atoms with Crippen molar-refractivity contribution < 1.29 is 9.53 Å². The molecule has 1 N–H and O–H groups in total. The number of rotatable bonds is 4. The van der Waals surface area contributed by atoms with E-state index in [9.17, 15) is 4.79 Å². The van der Waals surface area contributed by atoms with Crippen LogP contribution in [0.15, 0.2) is 30.5 Å². The normalized spacial score (nSPS) is 22.7. The SMILES string of the molecule is CC1CN(Cc2ccc(CNC(=O)N3CCn4nncc4C3)cc2)CC(C)O1. The largest absolute Gasteiger partial charge is 0.373 e. The number of urea groups is 1. The van der Waals surface area contributed by atoms with E-state index in [2.05, 4.69) is 58.6 Å². The average Bonchev–Trinajstić information content (AvgIpc) is 3.14. The molecule has 2 amide bonds. The molecular formula is C20H28N6O2. The minimum absolute atomic E-state index is 0.0483. The van der Waals surface area contributed by atoms with Crippen LogP contribution in [0.1, 0.15) is 30.7 Å². The van der Waals surface area contributed by atoms with Crippen molar-refractivity contribution in [1.29, 1.82) is 0 Å². The van der Waals surface area contributed by atoms with Gasteiger partial charge in [-0.3, -0.25) is 4.90 Å². The lowest BCUT2D eigenvalue weighted by Crippen LogP contribution is -2.44. The minimum atomic E-state index is -0.0483. The molecule has 1 aromatic carbocycles. The lowest BCUT2D eigenvalue weighted by atomic mass is 10.1. The zero-order valence-corrected chi connectivity index (χ0v) is 16.5. The van der Waals surface area contributed by atoms with Gasteiger partial charge in [-0.05, 0) is 25.0 Å². The van der Waals surface area contributed by atoms with E-state index >= 15 is 0 Å². The molecule has 8 heteroatoms. The van der Waals surface area contributed by atoms with Gasteiger partial charge in [0.1, 0.15) is 0 Å². The van der Waals surface area contributed by atoms with Gasteiger partial charge in [0.05, 0.1) is 37.2 Å². The molecule has 2 aliphatic rings. The third-order valence-corrected chi connectivity index (χ3v) is 5.29. The number of benzene rings is 1. The van der Waals surface area contributed by atoms with Crippen molar-refractivity contribution in [3.63, 3.8) is 0 Å². The molecule has 8 nitrogen and oxygen atoms in total. The zero-order valence-electron chi connectivity index (χ0n) is 16.5. The molecule has 1 saturated heterocycles. The van der Waals surface area contributed by atoms with E-state index in [1.807, 2.05) is 4.68 Å². The molecule has 1 fully saturated rings. The highest BCUT2D eigenvalue weighted by molar-refractivity contribution is 5.74. The number of morpholine rings is 1. The van der Waals surface area contributed by atoms with Crippen molar-refractivity contribution in [2.45, 2.75) is 52.2 Å². The lowest BCUT2D eigenvalue weighted by molar-refractivity contribution is -0.0704.